The Morgan fingerprint density at radius 2 is 1.62 bits per heavy atom. The summed E-state index contributed by atoms with van der Waals surface area (Å²) in [7, 11) is 0. The van der Waals surface area contributed by atoms with Gasteiger partial charge in [0.05, 0.1) is 26.1 Å². The molecule has 0 saturated carbocycles. The lowest BCUT2D eigenvalue weighted by atomic mass is 10.2. The number of benzene rings is 1. The average Bonchev–Trinajstić information content (AvgIpc) is 2.45. The van der Waals surface area contributed by atoms with Crippen molar-refractivity contribution in [3.05, 3.63) is 34.9 Å². The Hall–Kier alpha value is -1.55. The normalized spacial score (nSPS) is 10.5. The highest BCUT2D eigenvalue weighted by atomic mass is 35.5. The molecule has 1 rings (SSSR count). The first-order chi connectivity index (χ1) is 9.97. The molecule has 0 aliphatic rings. The van der Waals surface area contributed by atoms with Crippen LogP contribution in [0.2, 0.25) is 5.02 Å². The molecule has 0 N–H and O–H groups in total. The third kappa shape index (κ3) is 8.35. The smallest absolute Gasteiger partial charge is 0.306 e. The molecule has 1 aromatic carbocycles. The number of rotatable bonds is 8. The summed E-state index contributed by atoms with van der Waals surface area (Å²) in [5, 5.41) is 0.677. The second kappa shape index (κ2) is 9.40. The maximum absolute atomic E-state index is 11.5. The molecule has 0 aromatic heterocycles. The predicted octanol–water partition coefficient (Wildman–Crippen LogP) is 3.41. The van der Waals surface area contributed by atoms with Crippen LogP contribution in [0.5, 0.6) is 0 Å². The highest BCUT2D eigenvalue weighted by molar-refractivity contribution is 6.30. The van der Waals surface area contributed by atoms with Crippen LogP contribution in [0.25, 0.3) is 0 Å². The minimum absolute atomic E-state index is 0.0531. The van der Waals surface area contributed by atoms with Crippen molar-refractivity contribution in [3.63, 3.8) is 0 Å². The second-order valence-electron chi connectivity index (χ2n) is 5.17. The summed E-state index contributed by atoms with van der Waals surface area (Å²) < 4.78 is 10.1. The average molecular weight is 313 g/mol. The fourth-order valence-corrected chi connectivity index (χ4v) is 1.67. The van der Waals surface area contributed by atoms with Crippen LogP contribution in [0.1, 0.15) is 32.3 Å². The Morgan fingerprint density at radius 3 is 2.19 bits per heavy atom. The van der Waals surface area contributed by atoms with Crippen molar-refractivity contribution in [1.29, 1.82) is 0 Å². The predicted molar refractivity (Wildman–Crippen MR) is 81.1 cm³/mol. The van der Waals surface area contributed by atoms with Gasteiger partial charge in [-0.15, -0.1) is 0 Å². The molecular formula is C16H21ClO4. The van der Waals surface area contributed by atoms with Gasteiger partial charge in [-0.25, -0.2) is 0 Å². The van der Waals surface area contributed by atoms with Crippen LogP contribution in [0.4, 0.5) is 0 Å². The monoisotopic (exact) mass is 312 g/mol. The Morgan fingerprint density at radius 1 is 1.05 bits per heavy atom. The van der Waals surface area contributed by atoms with Crippen molar-refractivity contribution in [2.75, 3.05) is 13.2 Å². The van der Waals surface area contributed by atoms with E-state index in [2.05, 4.69) is 0 Å². The van der Waals surface area contributed by atoms with Crippen molar-refractivity contribution in [2.24, 2.45) is 5.92 Å². The number of halogens is 1. The third-order valence-corrected chi connectivity index (χ3v) is 2.93. The van der Waals surface area contributed by atoms with Crippen LogP contribution in [0, 0.1) is 5.92 Å². The van der Waals surface area contributed by atoms with Crippen LogP contribution in [0.15, 0.2) is 24.3 Å². The van der Waals surface area contributed by atoms with Crippen LogP contribution in [-0.4, -0.2) is 25.2 Å². The summed E-state index contributed by atoms with van der Waals surface area (Å²) in [6.07, 6.45) is 0.741. The summed E-state index contributed by atoms with van der Waals surface area (Å²) >= 11 is 5.78. The molecule has 0 atom stereocenters. The van der Waals surface area contributed by atoms with Crippen LogP contribution >= 0.6 is 11.6 Å². The van der Waals surface area contributed by atoms with E-state index in [1.165, 1.54) is 0 Å². The van der Waals surface area contributed by atoms with Gasteiger partial charge in [0.25, 0.3) is 0 Å². The van der Waals surface area contributed by atoms with Crippen LogP contribution in [-0.2, 0) is 25.5 Å². The molecule has 116 valence electrons. The van der Waals surface area contributed by atoms with E-state index in [4.69, 9.17) is 21.1 Å². The lowest BCUT2D eigenvalue weighted by Gasteiger charge is -2.07. The first-order valence-electron chi connectivity index (χ1n) is 7.03. The minimum atomic E-state index is -0.384. The van der Waals surface area contributed by atoms with Gasteiger partial charge in [0, 0.05) is 11.4 Å². The molecular weight excluding hydrogens is 292 g/mol. The van der Waals surface area contributed by atoms with E-state index in [-0.39, 0.29) is 24.8 Å². The van der Waals surface area contributed by atoms with Gasteiger partial charge in [-0.2, -0.15) is 0 Å². The standard InChI is InChI=1S/C16H21ClO4/c1-12(2)11-21-16(19)8-7-15(18)20-10-9-13-3-5-14(17)6-4-13/h3-6,12H,7-11H2,1-2H3. The van der Waals surface area contributed by atoms with E-state index in [0.717, 1.165) is 5.56 Å². The van der Waals surface area contributed by atoms with E-state index < -0.39 is 0 Å². The highest BCUT2D eigenvalue weighted by Gasteiger charge is 2.09. The molecule has 0 fully saturated rings. The Balaban J connectivity index is 2.13. The van der Waals surface area contributed by atoms with E-state index >= 15 is 0 Å². The largest absolute Gasteiger partial charge is 0.465 e. The second-order valence-corrected chi connectivity index (χ2v) is 5.61. The zero-order chi connectivity index (χ0) is 15.7. The van der Waals surface area contributed by atoms with Crippen molar-refractivity contribution < 1.29 is 19.1 Å². The summed E-state index contributed by atoms with van der Waals surface area (Å²) in [5.41, 5.74) is 1.04. The summed E-state index contributed by atoms with van der Waals surface area (Å²) in [5.74, 6) is -0.455. The molecule has 0 aliphatic heterocycles. The molecule has 0 spiro atoms. The molecule has 21 heavy (non-hydrogen) atoms. The molecule has 0 aliphatic carbocycles. The molecule has 0 radical (unpaired) electrons. The quantitative estimate of drug-likeness (QED) is 0.690. The minimum Gasteiger partial charge on any atom is -0.465 e. The number of hydrogen-bond acceptors (Lipinski definition) is 4. The van der Waals surface area contributed by atoms with Crippen LogP contribution in [0.3, 0.4) is 0 Å². The first kappa shape index (κ1) is 17.5. The van der Waals surface area contributed by atoms with Crippen LogP contribution < -0.4 is 0 Å². The van der Waals surface area contributed by atoms with E-state index in [0.29, 0.717) is 30.6 Å². The lowest BCUT2D eigenvalue weighted by Crippen LogP contribution is -2.13. The zero-order valence-electron chi connectivity index (χ0n) is 12.4. The SMILES string of the molecule is CC(C)COC(=O)CCC(=O)OCCc1ccc(Cl)cc1. The molecule has 0 unspecified atom stereocenters. The molecule has 0 bridgehead atoms. The molecule has 1 aromatic rings. The number of carbonyl (C=O) groups excluding carboxylic acids is 2. The van der Waals surface area contributed by atoms with Gasteiger partial charge in [0.1, 0.15) is 0 Å². The lowest BCUT2D eigenvalue weighted by molar-refractivity contribution is -0.150. The molecule has 5 heteroatoms. The zero-order valence-corrected chi connectivity index (χ0v) is 13.2. The maximum Gasteiger partial charge on any atom is 0.306 e. The maximum atomic E-state index is 11.5. The Labute approximate surface area is 130 Å². The summed E-state index contributed by atoms with van der Waals surface area (Å²) in [4.78, 5) is 22.8. The van der Waals surface area contributed by atoms with Crippen molar-refractivity contribution >= 4 is 23.5 Å². The van der Waals surface area contributed by atoms with Gasteiger partial charge in [-0.1, -0.05) is 37.6 Å². The van der Waals surface area contributed by atoms with Gasteiger partial charge in [-0.05, 0) is 23.6 Å². The van der Waals surface area contributed by atoms with Gasteiger partial charge < -0.3 is 9.47 Å². The number of esters is 2. The van der Waals surface area contributed by atoms with Gasteiger partial charge >= 0.3 is 11.9 Å². The first-order valence-corrected chi connectivity index (χ1v) is 7.41. The molecule has 0 amide bonds. The summed E-state index contributed by atoms with van der Waals surface area (Å²) in [6.45, 7) is 4.59. The van der Waals surface area contributed by atoms with Crippen molar-refractivity contribution in [1.82, 2.24) is 0 Å². The number of hydrogen-bond donors (Lipinski definition) is 0. The molecule has 0 heterocycles. The van der Waals surface area contributed by atoms with E-state index in [1.807, 2.05) is 26.0 Å². The highest BCUT2D eigenvalue weighted by Crippen LogP contribution is 2.10. The Kier molecular flexibility index (Phi) is 7.83. The van der Waals surface area contributed by atoms with E-state index in [9.17, 15) is 9.59 Å². The molecule has 4 nitrogen and oxygen atoms in total. The fourth-order valence-electron chi connectivity index (χ4n) is 1.54. The Bertz CT molecular complexity index is 454. The van der Waals surface area contributed by atoms with E-state index in [1.54, 1.807) is 12.1 Å². The topological polar surface area (TPSA) is 52.6 Å². The van der Waals surface area contributed by atoms with Gasteiger partial charge in [0.15, 0.2) is 0 Å². The number of ether oxygens (including phenoxy) is 2. The van der Waals surface area contributed by atoms with Gasteiger partial charge in [-0.3, -0.25) is 9.59 Å². The fraction of sp³-hybridized carbons (Fsp3) is 0.500. The number of carbonyl (C=O) groups is 2. The third-order valence-electron chi connectivity index (χ3n) is 2.68. The summed E-state index contributed by atoms with van der Waals surface area (Å²) in [6, 6.07) is 7.37. The van der Waals surface area contributed by atoms with Crippen molar-refractivity contribution in [3.8, 4) is 0 Å². The van der Waals surface area contributed by atoms with Crippen molar-refractivity contribution in [2.45, 2.75) is 33.1 Å². The van der Waals surface area contributed by atoms with Gasteiger partial charge in [0.2, 0.25) is 0 Å². The molecule has 0 saturated heterocycles.